The maximum Gasteiger partial charge on any atom is 0.461 e. The zero-order valence-corrected chi connectivity index (χ0v) is 14.4. The van der Waals surface area contributed by atoms with Gasteiger partial charge in [-0.15, -0.1) is 10.2 Å². The number of hydrogen-bond donors (Lipinski definition) is 2. The zero-order chi connectivity index (χ0) is 20.4. The number of unbranched alkanes of at least 4 members (excludes halogenated alkanes) is 1. The van der Waals surface area contributed by atoms with Crippen LogP contribution in [-0.4, -0.2) is 32.0 Å². The molecule has 2 N–H and O–H groups in total. The Kier molecular flexibility index (Phi) is 5.71. The first-order valence-electron chi connectivity index (χ1n) is 7.96. The molecule has 0 spiro atoms. The normalized spacial score (nSPS) is 12.3. The fourth-order valence-corrected chi connectivity index (χ4v) is 2.31. The fraction of sp³-hybridized carbons (Fsp3) is 0.438. The third-order valence-corrected chi connectivity index (χ3v) is 3.86. The number of benzene rings is 1. The Hall–Kier alpha value is -2.72. The Morgan fingerprint density at radius 3 is 2.44 bits per heavy atom. The van der Waals surface area contributed by atoms with E-state index in [0.717, 1.165) is 25.5 Å². The Labute approximate surface area is 151 Å². The number of nitrogens with zero attached hydrogens (tertiary/aromatic N) is 3. The highest BCUT2D eigenvalue weighted by Gasteiger charge is 2.62. The van der Waals surface area contributed by atoms with E-state index in [9.17, 15) is 31.9 Å². The number of halogens is 5. The summed E-state index contributed by atoms with van der Waals surface area (Å²) in [6.07, 6.45) is -3.33. The third kappa shape index (κ3) is 4.17. The average Bonchev–Trinajstić information content (AvgIpc) is 2.93. The lowest BCUT2D eigenvalue weighted by atomic mass is 10.0. The number of carbonyl (C=O) groups is 1. The molecule has 0 aliphatic carbocycles. The van der Waals surface area contributed by atoms with Gasteiger partial charge in [0.15, 0.2) is 0 Å². The molecule has 0 saturated heterocycles. The second kappa shape index (κ2) is 7.49. The van der Waals surface area contributed by atoms with Crippen LogP contribution >= 0.6 is 0 Å². The first kappa shape index (κ1) is 20.6. The topological polar surface area (TPSA) is 80.0 Å². The number of aromatic nitrogens is 3. The number of phenols is 1. The smallest absolute Gasteiger partial charge is 0.461 e. The molecule has 0 fully saturated rings. The van der Waals surface area contributed by atoms with E-state index in [1.807, 2.05) is 6.92 Å². The van der Waals surface area contributed by atoms with E-state index in [1.54, 1.807) is 6.07 Å². The maximum atomic E-state index is 13.4. The first-order chi connectivity index (χ1) is 12.5. The minimum absolute atomic E-state index is 0.178. The third-order valence-electron chi connectivity index (χ3n) is 3.86. The molecular weight excluding hydrogens is 375 g/mol. The van der Waals surface area contributed by atoms with Crippen molar-refractivity contribution in [2.24, 2.45) is 7.05 Å². The van der Waals surface area contributed by atoms with Gasteiger partial charge in [-0.2, -0.15) is 22.0 Å². The molecule has 2 rings (SSSR count). The van der Waals surface area contributed by atoms with Gasteiger partial charge in [-0.05, 0) is 30.5 Å². The van der Waals surface area contributed by atoms with Gasteiger partial charge in [-0.25, -0.2) is 0 Å². The highest BCUT2D eigenvalue weighted by atomic mass is 19.4. The van der Waals surface area contributed by atoms with Gasteiger partial charge in [0.05, 0.1) is 5.56 Å². The molecule has 0 atom stereocenters. The molecule has 0 bridgehead atoms. The van der Waals surface area contributed by atoms with Gasteiger partial charge in [0.25, 0.3) is 5.91 Å². The zero-order valence-electron chi connectivity index (χ0n) is 14.4. The van der Waals surface area contributed by atoms with Crippen molar-refractivity contribution in [2.45, 2.75) is 38.3 Å². The summed E-state index contributed by atoms with van der Waals surface area (Å²) < 4.78 is 64.5. The average molecular weight is 392 g/mol. The Bertz CT molecular complexity index is 833. The summed E-state index contributed by atoms with van der Waals surface area (Å²) in [6.45, 7) is 2.00. The molecule has 0 aliphatic heterocycles. The fourth-order valence-electron chi connectivity index (χ4n) is 2.31. The number of amides is 1. The highest BCUT2D eigenvalue weighted by Crippen LogP contribution is 2.43. The van der Waals surface area contributed by atoms with E-state index in [2.05, 4.69) is 15.5 Å². The van der Waals surface area contributed by atoms with E-state index in [0.29, 0.717) is 11.0 Å². The largest absolute Gasteiger partial charge is 0.507 e. The van der Waals surface area contributed by atoms with Gasteiger partial charge >= 0.3 is 12.1 Å². The van der Waals surface area contributed by atoms with Crippen LogP contribution in [0.15, 0.2) is 18.2 Å². The van der Waals surface area contributed by atoms with Gasteiger partial charge in [-0.1, -0.05) is 19.4 Å². The van der Waals surface area contributed by atoms with Crippen molar-refractivity contribution in [3.05, 3.63) is 35.2 Å². The lowest BCUT2D eigenvalue weighted by Gasteiger charge is -2.18. The minimum atomic E-state index is -5.86. The predicted molar refractivity (Wildman–Crippen MR) is 85.6 cm³/mol. The van der Waals surface area contributed by atoms with Crippen molar-refractivity contribution in [1.29, 1.82) is 0 Å². The lowest BCUT2D eigenvalue weighted by Crippen LogP contribution is -2.36. The molecule has 11 heteroatoms. The molecule has 0 aliphatic rings. The van der Waals surface area contributed by atoms with Gasteiger partial charge in [-0.3, -0.25) is 14.7 Å². The second-order valence-corrected chi connectivity index (χ2v) is 5.89. The van der Waals surface area contributed by atoms with Crippen molar-refractivity contribution in [1.82, 2.24) is 14.8 Å². The van der Waals surface area contributed by atoms with Crippen molar-refractivity contribution in [3.63, 3.8) is 0 Å². The van der Waals surface area contributed by atoms with Crippen molar-refractivity contribution in [3.8, 4) is 5.75 Å². The van der Waals surface area contributed by atoms with E-state index in [1.165, 1.54) is 12.1 Å². The van der Waals surface area contributed by atoms with Crippen molar-refractivity contribution >= 4 is 11.9 Å². The van der Waals surface area contributed by atoms with Gasteiger partial charge in [0.2, 0.25) is 11.8 Å². The number of hydrogen-bond acceptors (Lipinski definition) is 4. The number of aryl methyl sites for hydroxylation is 1. The number of rotatable bonds is 6. The molecular formula is C16H17F5N4O2. The van der Waals surface area contributed by atoms with Crippen LogP contribution in [0.2, 0.25) is 0 Å². The molecule has 1 aromatic heterocycles. The standard InChI is InChI=1S/C16H17F5N4O2/c1-3-4-5-9-6-7-10(11(26)8-9)12(27)22-14-24-23-13(25(14)2)15(17,18)16(19,20)21/h6-8,26H,3-5H2,1-2H3,(H,22,24,27). The monoisotopic (exact) mass is 392 g/mol. The summed E-state index contributed by atoms with van der Waals surface area (Å²) in [7, 11) is 0.859. The molecule has 2 aromatic rings. The predicted octanol–water partition coefficient (Wildman–Crippen LogP) is 3.77. The minimum Gasteiger partial charge on any atom is -0.507 e. The van der Waals surface area contributed by atoms with E-state index in [-0.39, 0.29) is 11.3 Å². The molecule has 6 nitrogen and oxygen atoms in total. The van der Waals surface area contributed by atoms with Crippen LogP contribution < -0.4 is 5.32 Å². The summed E-state index contributed by atoms with van der Waals surface area (Å²) in [5.41, 5.74) is 0.624. The Balaban J connectivity index is 2.22. The van der Waals surface area contributed by atoms with Crippen LogP contribution in [0.25, 0.3) is 0 Å². The van der Waals surface area contributed by atoms with E-state index < -0.39 is 29.8 Å². The summed E-state index contributed by atoms with van der Waals surface area (Å²) in [4.78, 5) is 12.2. The maximum absolute atomic E-state index is 13.4. The van der Waals surface area contributed by atoms with Gasteiger partial charge < -0.3 is 5.11 Å². The lowest BCUT2D eigenvalue weighted by molar-refractivity contribution is -0.293. The summed E-state index contributed by atoms with van der Waals surface area (Å²) >= 11 is 0. The summed E-state index contributed by atoms with van der Waals surface area (Å²) in [6, 6.07) is 4.34. The first-order valence-corrected chi connectivity index (χ1v) is 7.96. The second-order valence-electron chi connectivity index (χ2n) is 5.89. The van der Waals surface area contributed by atoms with Gasteiger partial charge in [0.1, 0.15) is 5.75 Å². The summed E-state index contributed by atoms with van der Waals surface area (Å²) in [5, 5.41) is 18.0. The molecule has 1 aromatic carbocycles. The van der Waals surface area contributed by atoms with Crippen LogP contribution in [0.4, 0.5) is 27.9 Å². The van der Waals surface area contributed by atoms with Crippen LogP contribution in [-0.2, 0) is 19.4 Å². The number of phenolic OH excluding ortho intramolecular Hbond substituents is 1. The van der Waals surface area contributed by atoms with E-state index >= 15 is 0 Å². The number of nitrogens with one attached hydrogen (secondary N) is 1. The van der Waals surface area contributed by atoms with Crippen LogP contribution in [0.5, 0.6) is 5.75 Å². The van der Waals surface area contributed by atoms with Crippen LogP contribution in [0, 0.1) is 0 Å². The number of carbonyl (C=O) groups excluding carboxylic acids is 1. The molecule has 1 amide bonds. The number of aromatic hydroxyl groups is 1. The van der Waals surface area contributed by atoms with Crippen molar-refractivity contribution in [2.75, 3.05) is 5.32 Å². The molecule has 0 radical (unpaired) electrons. The Morgan fingerprint density at radius 1 is 1.22 bits per heavy atom. The molecule has 148 valence electrons. The SMILES string of the molecule is CCCCc1ccc(C(=O)Nc2nnc(C(F)(F)C(F)(F)F)n2C)c(O)c1. The van der Waals surface area contributed by atoms with Crippen molar-refractivity contribution < 1.29 is 31.9 Å². The number of anilines is 1. The molecule has 1 heterocycles. The molecule has 0 saturated carbocycles. The number of alkyl halides is 5. The van der Waals surface area contributed by atoms with E-state index in [4.69, 9.17) is 0 Å². The highest BCUT2D eigenvalue weighted by molar-refractivity contribution is 6.05. The quantitative estimate of drug-likeness (QED) is 0.734. The molecule has 27 heavy (non-hydrogen) atoms. The van der Waals surface area contributed by atoms with Crippen LogP contribution in [0.3, 0.4) is 0 Å². The summed E-state index contributed by atoms with van der Waals surface area (Å²) in [5.74, 6) is -8.78. The Morgan fingerprint density at radius 2 is 1.89 bits per heavy atom. The molecule has 0 unspecified atom stereocenters. The van der Waals surface area contributed by atoms with Crippen LogP contribution in [0.1, 0.15) is 41.5 Å². The van der Waals surface area contributed by atoms with Gasteiger partial charge in [0, 0.05) is 7.05 Å².